The number of fused-ring (bicyclic) bond motifs is 1. The van der Waals surface area contributed by atoms with Crippen LogP contribution in [-0.4, -0.2) is 0 Å². The molecular formula is C16H13NOS. The molecule has 0 aliphatic rings. The van der Waals surface area contributed by atoms with E-state index in [0.717, 1.165) is 32.4 Å². The van der Waals surface area contributed by atoms with Gasteiger partial charge in [0.2, 0.25) is 0 Å². The normalized spacial score (nSPS) is 10.8. The van der Waals surface area contributed by atoms with Gasteiger partial charge in [-0.05, 0) is 18.6 Å². The van der Waals surface area contributed by atoms with Gasteiger partial charge >= 0.3 is 0 Å². The summed E-state index contributed by atoms with van der Waals surface area (Å²) in [7, 11) is 0. The maximum Gasteiger partial charge on any atom is 0.141 e. The van der Waals surface area contributed by atoms with Crippen LogP contribution in [0.25, 0.3) is 22.3 Å². The fraction of sp³-hybridized carbons (Fsp3) is 0.0625. The van der Waals surface area contributed by atoms with Crippen molar-refractivity contribution in [2.75, 3.05) is 5.73 Å². The van der Waals surface area contributed by atoms with Crippen molar-refractivity contribution < 1.29 is 4.42 Å². The first kappa shape index (κ1) is 11.9. The third-order valence-corrected chi connectivity index (χ3v) is 3.49. The van der Waals surface area contributed by atoms with Gasteiger partial charge in [-0.25, -0.2) is 0 Å². The topological polar surface area (TPSA) is 39.2 Å². The van der Waals surface area contributed by atoms with Gasteiger partial charge in [0.15, 0.2) is 0 Å². The SMILES string of the molecule is Cc1ccc(N)c2c(=S)cc(-c3ccccc3)oc12. The van der Waals surface area contributed by atoms with Crippen LogP contribution in [0, 0.1) is 11.4 Å². The van der Waals surface area contributed by atoms with Crippen LogP contribution in [0.3, 0.4) is 0 Å². The molecule has 0 atom stereocenters. The van der Waals surface area contributed by atoms with Crippen molar-refractivity contribution in [2.45, 2.75) is 6.92 Å². The van der Waals surface area contributed by atoms with E-state index in [0.29, 0.717) is 5.69 Å². The lowest BCUT2D eigenvalue weighted by molar-refractivity contribution is 0.617. The van der Waals surface area contributed by atoms with Crippen molar-refractivity contribution in [3.63, 3.8) is 0 Å². The van der Waals surface area contributed by atoms with E-state index in [1.807, 2.05) is 55.5 Å². The smallest absolute Gasteiger partial charge is 0.141 e. The molecule has 0 aliphatic carbocycles. The summed E-state index contributed by atoms with van der Waals surface area (Å²) in [5, 5.41) is 0.828. The van der Waals surface area contributed by atoms with Crippen molar-refractivity contribution in [3.05, 3.63) is 58.6 Å². The van der Waals surface area contributed by atoms with E-state index in [1.54, 1.807) is 0 Å². The summed E-state index contributed by atoms with van der Waals surface area (Å²) in [6.45, 7) is 1.99. The molecule has 0 saturated heterocycles. The fourth-order valence-corrected chi connectivity index (χ4v) is 2.48. The number of hydrogen-bond donors (Lipinski definition) is 1. The zero-order chi connectivity index (χ0) is 13.4. The van der Waals surface area contributed by atoms with Gasteiger partial charge in [-0.2, -0.15) is 0 Å². The van der Waals surface area contributed by atoms with Crippen LogP contribution in [-0.2, 0) is 0 Å². The Hall–Kier alpha value is -2.13. The molecule has 3 heteroatoms. The van der Waals surface area contributed by atoms with Gasteiger partial charge in [-0.1, -0.05) is 48.6 Å². The third-order valence-electron chi connectivity index (χ3n) is 3.17. The van der Waals surface area contributed by atoms with Crippen LogP contribution < -0.4 is 5.73 Å². The van der Waals surface area contributed by atoms with E-state index in [2.05, 4.69) is 0 Å². The highest BCUT2D eigenvalue weighted by atomic mass is 32.1. The molecule has 1 aromatic heterocycles. The zero-order valence-corrected chi connectivity index (χ0v) is 11.3. The first-order valence-electron chi connectivity index (χ1n) is 6.05. The van der Waals surface area contributed by atoms with Gasteiger partial charge in [-0.3, -0.25) is 0 Å². The van der Waals surface area contributed by atoms with Crippen molar-refractivity contribution in [2.24, 2.45) is 0 Å². The van der Waals surface area contributed by atoms with E-state index in [-0.39, 0.29) is 0 Å². The van der Waals surface area contributed by atoms with Gasteiger partial charge < -0.3 is 10.2 Å². The first-order chi connectivity index (χ1) is 9.16. The van der Waals surface area contributed by atoms with Gasteiger partial charge in [0.1, 0.15) is 11.3 Å². The summed E-state index contributed by atoms with van der Waals surface area (Å²) in [6, 6.07) is 15.6. The van der Waals surface area contributed by atoms with E-state index in [1.165, 1.54) is 0 Å². The van der Waals surface area contributed by atoms with E-state index < -0.39 is 0 Å². The first-order valence-corrected chi connectivity index (χ1v) is 6.46. The van der Waals surface area contributed by atoms with E-state index in [4.69, 9.17) is 22.4 Å². The van der Waals surface area contributed by atoms with Crippen LogP contribution in [0.2, 0.25) is 0 Å². The molecule has 0 bridgehead atoms. The Labute approximate surface area is 116 Å². The molecular weight excluding hydrogens is 254 g/mol. The van der Waals surface area contributed by atoms with Gasteiger partial charge in [0.25, 0.3) is 0 Å². The summed E-state index contributed by atoms with van der Waals surface area (Å²) < 4.78 is 6.72. The second kappa shape index (κ2) is 4.52. The molecule has 19 heavy (non-hydrogen) atoms. The summed E-state index contributed by atoms with van der Waals surface area (Å²) in [6.07, 6.45) is 0. The number of nitrogens with two attached hydrogens (primary N) is 1. The molecule has 94 valence electrons. The number of aryl methyl sites for hydroxylation is 1. The molecule has 3 aromatic rings. The fourth-order valence-electron chi connectivity index (χ4n) is 2.16. The third kappa shape index (κ3) is 2.02. The van der Waals surface area contributed by atoms with Crippen molar-refractivity contribution in [3.8, 4) is 11.3 Å². The molecule has 0 radical (unpaired) electrons. The Bertz CT molecular complexity index is 806. The van der Waals surface area contributed by atoms with E-state index >= 15 is 0 Å². The molecule has 0 spiro atoms. The molecule has 0 aliphatic heterocycles. The summed E-state index contributed by atoms with van der Waals surface area (Å²) in [4.78, 5) is 0. The number of nitrogen functional groups attached to an aromatic ring is 1. The minimum Gasteiger partial charge on any atom is -0.456 e. The summed E-state index contributed by atoms with van der Waals surface area (Å²) in [5.74, 6) is 0.770. The Morgan fingerprint density at radius 3 is 2.53 bits per heavy atom. The largest absolute Gasteiger partial charge is 0.456 e. The Kier molecular flexibility index (Phi) is 2.84. The predicted molar refractivity (Wildman–Crippen MR) is 81.6 cm³/mol. The van der Waals surface area contributed by atoms with Gasteiger partial charge in [-0.15, -0.1) is 0 Å². The lowest BCUT2D eigenvalue weighted by Crippen LogP contribution is -1.90. The molecule has 0 fully saturated rings. The molecule has 3 rings (SSSR count). The van der Waals surface area contributed by atoms with Crippen LogP contribution in [0.15, 0.2) is 52.9 Å². The second-order valence-electron chi connectivity index (χ2n) is 4.52. The van der Waals surface area contributed by atoms with Crippen LogP contribution >= 0.6 is 12.2 Å². The molecule has 2 N–H and O–H groups in total. The lowest BCUT2D eigenvalue weighted by atomic mass is 10.1. The highest BCUT2D eigenvalue weighted by molar-refractivity contribution is 7.71. The number of anilines is 1. The maximum absolute atomic E-state index is 5.99. The average Bonchev–Trinajstić information content (AvgIpc) is 2.43. The standard InChI is InChI=1S/C16H13NOS/c1-10-7-8-12(17)15-14(19)9-13(18-16(10)15)11-5-3-2-4-6-11/h2-9H,17H2,1H3. The predicted octanol–water partition coefficient (Wildman–Crippen LogP) is 4.72. The number of rotatable bonds is 1. The molecule has 0 saturated carbocycles. The van der Waals surface area contributed by atoms with Crippen LogP contribution in [0.4, 0.5) is 5.69 Å². The Morgan fingerprint density at radius 2 is 1.79 bits per heavy atom. The van der Waals surface area contributed by atoms with Crippen molar-refractivity contribution >= 4 is 28.9 Å². The van der Waals surface area contributed by atoms with Gasteiger partial charge in [0.05, 0.1) is 9.90 Å². The summed E-state index contributed by atoms with van der Waals surface area (Å²) in [5.41, 5.74) is 9.47. The zero-order valence-electron chi connectivity index (χ0n) is 10.5. The summed E-state index contributed by atoms with van der Waals surface area (Å²) >= 11 is 5.45. The maximum atomic E-state index is 5.99. The minimum atomic E-state index is 0.661. The van der Waals surface area contributed by atoms with Gasteiger partial charge in [0, 0.05) is 17.3 Å². The highest BCUT2D eigenvalue weighted by Gasteiger charge is 2.09. The van der Waals surface area contributed by atoms with Crippen molar-refractivity contribution in [1.29, 1.82) is 0 Å². The minimum absolute atomic E-state index is 0.661. The molecule has 0 unspecified atom stereocenters. The quantitative estimate of drug-likeness (QED) is 0.512. The highest BCUT2D eigenvalue weighted by Crippen LogP contribution is 2.30. The van der Waals surface area contributed by atoms with Crippen LogP contribution in [0.5, 0.6) is 0 Å². The second-order valence-corrected chi connectivity index (χ2v) is 4.96. The molecule has 0 amide bonds. The number of hydrogen-bond acceptors (Lipinski definition) is 3. The van der Waals surface area contributed by atoms with Crippen LogP contribution in [0.1, 0.15) is 5.56 Å². The Balaban J connectivity index is 2.38. The monoisotopic (exact) mass is 267 g/mol. The average molecular weight is 267 g/mol. The molecule has 1 heterocycles. The lowest BCUT2D eigenvalue weighted by Gasteiger charge is -2.08. The Morgan fingerprint density at radius 1 is 1.05 bits per heavy atom. The molecule has 2 aromatic carbocycles. The number of benzene rings is 2. The van der Waals surface area contributed by atoms with E-state index in [9.17, 15) is 0 Å². The van der Waals surface area contributed by atoms with Crippen molar-refractivity contribution in [1.82, 2.24) is 0 Å². The molecule has 2 nitrogen and oxygen atoms in total.